The monoisotopic (exact) mass is 319 g/mol. The fourth-order valence-electron chi connectivity index (χ4n) is 1.94. The molecule has 0 aliphatic heterocycles. The number of carbonyl (C=O) groups excluding carboxylic acids is 1. The summed E-state index contributed by atoms with van der Waals surface area (Å²) < 4.78 is 29.2. The van der Waals surface area contributed by atoms with Gasteiger partial charge in [0.25, 0.3) is 5.91 Å². The summed E-state index contributed by atoms with van der Waals surface area (Å²) in [5.41, 5.74) is 0.525. The molecule has 6 heteroatoms. The second-order valence-corrected chi connectivity index (χ2v) is 4.75. The predicted molar refractivity (Wildman–Crippen MR) is 84.7 cm³/mol. The molecule has 1 atom stereocenters. The molecule has 0 spiro atoms. The van der Waals surface area contributed by atoms with E-state index >= 15 is 0 Å². The molecule has 0 saturated heterocycles. The molecule has 0 aliphatic carbocycles. The number of rotatable bonds is 6. The first kappa shape index (κ1) is 16.6. The molecule has 2 aromatic rings. The van der Waals surface area contributed by atoms with E-state index in [0.29, 0.717) is 17.2 Å². The van der Waals surface area contributed by atoms with Gasteiger partial charge in [-0.3, -0.25) is 4.79 Å². The van der Waals surface area contributed by atoms with Crippen LogP contribution in [-0.2, 0) is 4.79 Å². The lowest BCUT2D eigenvalue weighted by Gasteiger charge is -2.16. The number of amides is 1. The van der Waals surface area contributed by atoms with Crippen molar-refractivity contribution in [3.05, 3.63) is 48.3 Å². The van der Waals surface area contributed by atoms with Crippen LogP contribution in [0.5, 0.6) is 17.2 Å². The summed E-state index contributed by atoms with van der Waals surface area (Å²) in [4.78, 5) is 12.2. The van der Waals surface area contributed by atoms with Crippen molar-refractivity contribution < 1.29 is 23.4 Å². The van der Waals surface area contributed by atoms with Crippen molar-refractivity contribution in [2.45, 2.75) is 13.0 Å². The van der Waals surface area contributed by atoms with Gasteiger partial charge in [-0.1, -0.05) is 12.1 Å². The number of hydrogen-bond donors (Lipinski definition) is 1. The Hall–Kier alpha value is -2.76. The predicted octanol–water partition coefficient (Wildman–Crippen LogP) is 3.25. The van der Waals surface area contributed by atoms with E-state index in [4.69, 9.17) is 14.2 Å². The van der Waals surface area contributed by atoms with Gasteiger partial charge in [0.1, 0.15) is 0 Å². The molecule has 2 rings (SSSR count). The highest BCUT2D eigenvalue weighted by atomic mass is 19.1. The van der Waals surface area contributed by atoms with Crippen molar-refractivity contribution in [3.63, 3.8) is 0 Å². The van der Waals surface area contributed by atoms with Gasteiger partial charge in [-0.2, -0.15) is 0 Å². The Morgan fingerprint density at radius 1 is 1.04 bits per heavy atom. The Kier molecular flexibility index (Phi) is 5.41. The number of nitrogens with one attached hydrogen (secondary N) is 1. The number of hydrogen-bond acceptors (Lipinski definition) is 4. The number of benzene rings is 2. The van der Waals surface area contributed by atoms with E-state index in [1.54, 1.807) is 37.3 Å². The van der Waals surface area contributed by atoms with E-state index in [2.05, 4.69) is 5.32 Å². The molecule has 0 bridgehead atoms. The van der Waals surface area contributed by atoms with E-state index in [1.807, 2.05) is 0 Å². The molecule has 0 aromatic heterocycles. The summed E-state index contributed by atoms with van der Waals surface area (Å²) in [6.45, 7) is 1.54. The number of methoxy groups -OCH3 is 2. The van der Waals surface area contributed by atoms with Crippen LogP contribution in [0.3, 0.4) is 0 Å². The molecule has 2 aromatic carbocycles. The maximum Gasteiger partial charge on any atom is 0.265 e. The third kappa shape index (κ3) is 4.12. The molecule has 0 radical (unpaired) electrons. The molecule has 0 unspecified atom stereocenters. The quantitative estimate of drug-likeness (QED) is 0.888. The Bertz CT molecular complexity index is 690. The molecule has 1 N–H and O–H groups in total. The number of ether oxygens (including phenoxy) is 3. The smallest absolute Gasteiger partial charge is 0.265 e. The minimum Gasteiger partial charge on any atom is -0.493 e. The van der Waals surface area contributed by atoms with Gasteiger partial charge in [-0.25, -0.2) is 4.39 Å². The first-order chi connectivity index (χ1) is 11.0. The molecule has 122 valence electrons. The number of carbonyl (C=O) groups is 1. The molecule has 1 amide bonds. The van der Waals surface area contributed by atoms with Gasteiger partial charge in [0.15, 0.2) is 29.2 Å². The van der Waals surface area contributed by atoms with Crippen LogP contribution in [0.1, 0.15) is 6.92 Å². The Balaban J connectivity index is 2.05. The summed E-state index contributed by atoms with van der Waals surface area (Å²) in [5.74, 6) is 0.162. The Labute approximate surface area is 134 Å². The van der Waals surface area contributed by atoms with Crippen molar-refractivity contribution in [2.24, 2.45) is 0 Å². The highest BCUT2D eigenvalue weighted by molar-refractivity contribution is 5.94. The van der Waals surface area contributed by atoms with Crippen molar-refractivity contribution in [2.75, 3.05) is 19.5 Å². The van der Waals surface area contributed by atoms with Crippen LogP contribution in [-0.4, -0.2) is 26.2 Å². The largest absolute Gasteiger partial charge is 0.493 e. The third-order valence-electron chi connectivity index (χ3n) is 3.16. The van der Waals surface area contributed by atoms with E-state index in [0.717, 1.165) is 0 Å². The van der Waals surface area contributed by atoms with Crippen LogP contribution in [0.4, 0.5) is 10.1 Å². The maximum absolute atomic E-state index is 13.5. The molecular formula is C17H18FNO4. The van der Waals surface area contributed by atoms with Crippen molar-refractivity contribution in [1.82, 2.24) is 0 Å². The highest BCUT2D eigenvalue weighted by Crippen LogP contribution is 2.29. The SMILES string of the molecule is COc1ccc(NC(=O)[C@H](C)Oc2ccccc2F)cc1OC. The lowest BCUT2D eigenvalue weighted by atomic mass is 10.2. The average molecular weight is 319 g/mol. The summed E-state index contributed by atoms with van der Waals surface area (Å²) in [6.07, 6.45) is -0.861. The second-order valence-electron chi connectivity index (χ2n) is 4.75. The van der Waals surface area contributed by atoms with Gasteiger partial charge in [0, 0.05) is 11.8 Å². The maximum atomic E-state index is 13.5. The van der Waals surface area contributed by atoms with Gasteiger partial charge < -0.3 is 19.5 Å². The zero-order valence-electron chi connectivity index (χ0n) is 13.1. The fraction of sp³-hybridized carbons (Fsp3) is 0.235. The summed E-state index contributed by atoms with van der Waals surface area (Å²) in [5, 5.41) is 2.69. The second kappa shape index (κ2) is 7.49. The fourth-order valence-corrected chi connectivity index (χ4v) is 1.94. The minimum atomic E-state index is -0.861. The van der Waals surface area contributed by atoms with Gasteiger partial charge in [-0.05, 0) is 31.2 Å². The lowest BCUT2D eigenvalue weighted by Crippen LogP contribution is -2.30. The zero-order valence-corrected chi connectivity index (χ0v) is 13.1. The van der Waals surface area contributed by atoms with Crippen LogP contribution >= 0.6 is 0 Å². The van der Waals surface area contributed by atoms with E-state index in [1.165, 1.54) is 26.4 Å². The van der Waals surface area contributed by atoms with Crippen LogP contribution < -0.4 is 19.5 Å². The van der Waals surface area contributed by atoms with Crippen LogP contribution in [0.25, 0.3) is 0 Å². The van der Waals surface area contributed by atoms with Crippen LogP contribution in [0.15, 0.2) is 42.5 Å². The lowest BCUT2D eigenvalue weighted by molar-refractivity contribution is -0.122. The van der Waals surface area contributed by atoms with Crippen LogP contribution in [0.2, 0.25) is 0 Å². The van der Waals surface area contributed by atoms with Gasteiger partial charge in [0.05, 0.1) is 14.2 Å². The van der Waals surface area contributed by atoms with Crippen LogP contribution in [0, 0.1) is 5.82 Å². The summed E-state index contributed by atoms with van der Waals surface area (Å²) in [7, 11) is 3.04. The Morgan fingerprint density at radius 3 is 2.39 bits per heavy atom. The molecule has 0 fully saturated rings. The number of anilines is 1. The van der Waals surface area contributed by atoms with Gasteiger partial charge in [0.2, 0.25) is 0 Å². The minimum absolute atomic E-state index is 0.0301. The Morgan fingerprint density at radius 2 is 1.74 bits per heavy atom. The molecule has 0 saturated carbocycles. The summed E-state index contributed by atoms with van der Waals surface area (Å²) in [6, 6.07) is 10.9. The van der Waals surface area contributed by atoms with E-state index in [9.17, 15) is 9.18 Å². The molecule has 23 heavy (non-hydrogen) atoms. The number of halogens is 1. The van der Waals surface area contributed by atoms with Crippen molar-refractivity contribution >= 4 is 11.6 Å². The third-order valence-corrected chi connectivity index (χ3v) is 3.16. The van der Waals surface area contributed by atoms with Gasteiger partial charge >= 0.3 is 0 Å². The molecule has 0 aliphatic rings. The molecule has 0 heterocycles. The number of para-hydroxylation sites is 1. The molecule has 5 nitrogen and oxygen atoms in total. The standard InChI is InChI=1S/C17H18FNO4/c1-11(23-14-7-5-4-6-13(14)18)17(20)19-12-8-9-15(21-2)16(10-12)22-3/h4-11H,1-3H3,(H,19,20)/t11-/m0/s1. The molecular weight excluding hydrogens is 301 g/mol. The van der Waals surface area contributed by atoms with Gasteiger partial charge in [-0.15, -0.1) is 0 Å². The van der Waals surface area contributed by atoms with E-state index < -0.39 is 17.8 Å². The first-order valence-electron chi connectivity index (χ1n) is 6.99. The first-order valence-corrected chi connectivity index (χ1v) is 6.99. The highest BCUT2D eigenvalue weighted by Gasteiger charge is 2.17. The summed E-state index contributed by atoms with van der Waals surface area (Å²) >= 11 is 0. The topological polar surface area (TPSA) is 56.8 Å². The average Bonchev–Trinajstić information content (AvgIpc) is 2.56. The van der Waals surface area contributed by atoms with Crippen molar-refractivity contribution in [1.29, 1.82) is 0 Å². The normalized spacial score (nSPS) is 11.5. The zero-order chi connectivity index (χ0) is 16.8. The van der Waals surface area contributed by atoms with Crippen molar-refractivity contribution in [3.8, 4) is 17.2 Å². The van der Waals surface area contributed by atoms with E-state index in [-0.39, 0.29) is 5.75 Å².